The van der Waals surface area contributed by atoms with E-state index in [1.54, 1.807) is 12.1 Å². The highest BCUT2D eigenvalue weighted by molar-refractivity contribution is 14.0. The van der Waals surface area contributed by atoms with Crippen LogP contribution < -0.4 is 15.4 Å². The molecule has 2 rings (SSSR count). The first kappa shape index (κ1) is 23.2. The standard InChI is InChI=1S/C19H28FN5O.HI/c1-4-21-19(22-9-6-10-25-14-15(2)12-24-25)23-13-16(3)26-18-8-5-7-17(20)11-18;/h5,7-8,11-12,14,16H,4,6,9-10,13H2,1-3H3,(H2,21,22,23);1H. The normalized spacial score (nSPS) is 12.2. The Morgan fingerprint density at radius 2 is 2.19 bits per heavy atom. The average Bonchev–Trinajstić information content (AvgIpc) is 3.01. The number of aliphatic imine (C=N–C) groups is 1. The van der Waals surface area contributed by atoms with E-state index < -0.39 is 0 Å². The molecule has 1 unspecified atom stereocenters. The second-order valence-electron chi connectivity index (χ2n) is 6.17. The van der Waals surface area contributed by atoms with Gasteiger partial charge in [0, 0.05) is 31.9 Å². The van der Waals surface area contributed by atoms with Crippen LogP contribution in [0.1, 0.15) is 25.8 Å². The summed E-state index contributed by atoms with van der Waals surface area (Å²) in [4.78, 5) is 4.53. The Kier molecular flexibility index (Phi) is 10.8. The largest absolute Gasteiger partial charge is 0.489 e. The van der Waals surface area contributed by atoms with Gasteiger partial charge in [-0.15, -0.1) is 24.0 Å². The van der Waals surface area contributed by atoms with Gasteiger partial charge in [0.05, 0.1) is 12.7 Å². The van der Waals surface area contributed by atoms with Crippen LogP contribution in [0.4, 0.5) is 4.39 Å². The maximum Gasteiger partial charge on any atom is 0.191 e. The third kappa shape index (κ3) is 9.07. The molecule has 0 aliphatic carbocycles. The Morgan fingerprint density at radius 1 is 1.37 bits per heavy atom. The van der Waals surface area contributed by atoms with Crippen molar-refractivity contribution < 1.29 is 9.13 Å². The van der Waals surface area contributed by atoms with Crippen molar-refractivity contribution in [1.29, 1.82) is 0 Å². The second-order valence-corrected chi connectivity index (χ2v) is 6.17. The molecule has 0 aliphatic heterocycles. The van der Waals surface area contributed by atoms with Gasteiger partial charge in [0.2, 0.25) is 0 Å². The molecule has 0 saturated carbocycles. The molecule has 0 amide bonds. The summed E-state index contributed by atoms with van der Waals surface area (Å²) in [5.74, 6) is 0.958. The summed E-state index contributed by atoms with van der Waals surface area (Å²) >= 11 is 0. The molecule has 2 N–H and O–H groups in total. The molecule has 0 spiro atoms. The molecular formula is C19H29FIN5O. The molecule has 0 aliphatic rings. The minimum Gasteiger partial charge on any atom is -0.489 e. The van der Waals surface area contributed by atoms with E-state index in [2.05, 4.69) is 20.7 Å². The van der Waals surface area contributed by atoms with E-state index in [0.717, 1.165) is 32.0 Å². The van der Waals surface area contributed by atoms with E-state index in [-0.39, 0.29) is 35.9 Å². The highest BCUT2D eigenvalue weighted by Gasteiger charge is 2.05. The third-order valence-corrected chi connectivity index (χ3v) is 3.60. The third-order valence-electron chi connectivity index (χ3n) is 3.60. The molecule has 1 heterocycles. The summed E-state index contributed by atoms with van der Waals surface area (Å²) in [5, 5.41) is 10.8. The molecule has 1 atom stereocenters. The fourth-order valence-electron chi connectivity index (χ4n) is 2.41. The van der Waals surface area contributed by atoms with Gasteiger partial charge in [-0.2, -0.15) is 5.10 Å². The van der Waals surface area contributed by atoms with Crippen molar-refractivity contribution in [1.82, 2.24) is 20.4 Å². The van der Waals surface area contributed by atoms with Crippen molar-refractivity contribution in [3.63, 3.8) is 0 Å². The number of hydrogen-bond donors (Lipinski definition) is 2. The van der Waals surface area contributed by atoms with Crippen LogP contribution in [-0.4, -0.2) is 41.5 Å². The van der Waals surface area contributed by atoms with Crippen LogP contribution in [0, 0.1) is 12.7 Å². The first-order valence-corrected chi connectivity index (χ1v) is 9.00. The van der Waals surface area contributed by atoms with Crippen LogP contribution in [0.3, 0.4) is 0 Å². The van der Waals surface area contributed by atoms with E-state index in [1.165, 1.54) is 17.7 Å². The number of aryl methyl sites for hydroxylation is 2. The fraction of sp³-hybridized carbons (Fsp3) is 0.474. The maximum atomic E-state index is 13.2. The maximum absolute atomic E-state index is 13.2. The zero-order chi connectivity index (χ0) is 18.8. The number of halogens is 2. The summed E-state index contributed by atoms with van der Waals surface area (Å²) < 4.78 is 20.8. The lowest BCUT2D eigenvalue weighted by Gasteiger charge is -2.15. The number of benzene rings is 1. The number of nitrogens with zero attached hydrogens (tertiary/aromatic N) is 3. The van der Waals surface area contributed by atoms with Crippen LogP contribution in [-0.2, 0) is 6.54 Å². The van der Waals surface area contributed by atoms with Crippen molar-refractivity contribution in [3.8, 4) is 5.75 Å². The molecular weight excluding hydrogens is 460 g/mol. The number of ether oxygens (including phenoxy) is 1. The zero-order valence-corrected chi connectivity index (χ0v) is 18.4. The monoisotopic (exact) mass is 489 g/mol. The number of rotatable bonds is 9. The van der Waals surface area contributed by atoms with Gasteiger partial charge in [-0.05, 0) is 44.9 Å². The Hall–Kier alpha value is -1.84. The Bertz CT molecular complexity index is 707. The molecule has 0 fully saturated rings. The Labute approximate surface area is 177 Å². The Morgan fingerprint density at radius 3 is 2.85 bits per heavy atom. The minimum absolute atomic E-state index is 0. The number of nitrogens with one attached hydrogen (secondary N) is 2. The van der Waals surface area contributed by atoms with Crippen LogP contribution in [0.5, 0.6) is 5.75 Å². The number of aromatic nitrogens is 2. The van der Waals surface area contributed by atoms with Gasteiger partial charge in [-0.3, -0.25) is 4.68 Å². The van der Waals surface area contributed by atoms with E-state index in [0.29, 0.717) is 12.3 Å². The van der Waals surface area contributed by atoms with Gasteiger partial charge in [-0.1, -0.05) is 6.07 Å². The van der Waals surface area contributed by atoms with Crippen LogP contribution in [0.2, 0.25) is 0 Å². The zero-order valence-electron chi connectivity index (χ0n) is 16.1. The molecule has 8 heteroatoms. The lowest BCUT2D eigenvalue weighted by atomic mass is 10.3. The molecule has 0 radical (unpaired) electrons. The molecule has 0 bridgehead atoms. The van der Waals surface area contributed by atoms with Gasteiger partial charge in [0.1, 0.15) is 17.7 Å². The van der Waals surface area contributed by atoms with E-state index in [4.69, 9.17) is 4.74 Å². The molecule has 2 aromatic rings. The number of guanidine groups is 1. The molecule has 6 nitrogen and oxygen atoms in total. The van der Waals surface area contributed by atoms with Gasteiger partial charge < -0.3 is 15.4 Å². The predicted molar refractivity (Wildman–Crippen MR) is 117 cm³/mol. The van der Waals surface area contributed by atoms with E-state index in [9.17, 15) is 4.39 Å². The van der Waals surface area contributed by atoms with Gasteiger partial charge >= 0.3 is 0 Å². The van der Waals surface area contributed by atoms with Crippen LogP contribution in [0.25, 0.3) is 0 Å². The topological polar surface area (TPSA) is 63.5 Å². The first-order chi connectivity index (χ1) is 12.6. The van der Waals surface area contributed by atoms with Crippen molar-refractivity contribution in [3.05, 3.63) is 48.0 Å². The van der Waals surface area contributed by atoms with Crippen molar-refractivity contribution in [2.75, 3.05) is 19.6 Å². The average molecular weight is 489 g/mol. The van der Waals surface area contributed by atoms with Gasteiger partial charge in [-0.25, -0.2) is 9.38 Å². The molecule has 150 valence electrons. The summed E-state index contributed by atoms with van der Waals surface area (Å²) in [6.07, 6.45) is 4.68. The summed E-state index contributed by atoms with van der Waals surface area (Å²) in [5.41, 5.74) is 1.17. The van der Waals surface area contributed by atoms with Crippen molar-refractivity contribution >= 4 is 29.9 Å². The van der Waals surface area contributed by atoms with Crippen molar-refractivity contribution in [2.24, 2.45) is 4.99 Å². The minimum atomic E-state index is -0.305. The van der Waals surface area contributed by atoms with Gasteiger partial charge in [0.25, 0.3) is 0 Å². The Balaban J connectivity index is 0.00000364. The first-order valence-electron chi connectivity index (χ1n) is 9.00. The highest BCUT2D eigenvalue weighted by atomic mass is 127. The molecule has 0 saturated heterocycles. The number of hydrogen-bond acceptors (Lipinski definition) is 3. The predicted octanol–water partition coefficient (Wildman–Crippen LogP) is 3.36. The van der Waals surface area contributed by atoms with E-state index in [1.807, 2.05) is 37.8 Å². The molecule has 1 aromatic heterocycles. The quantitative estimate of drug-likeness (QED) is 0.246. The van der Waals surface area contributed by atoms with Crippen LogP contribution >= 0.6 is 24.0 Å². The summed E-state index contributed by atoms with van der Waals surface area (Å²) in [6.45, 7) is 8.88. The van der Waals surface area contributed by atoms with Gasteiger partial charge in [0.15, 0.2) is 5.96 Å². The molecule has 27 heavy (non-hydrogen) atoms. The molecule has 1 aromatic carbocycles. The lowest BCUT2D eigenvalue weighted by molar-refractivity contribution is 0.229. The highest BCUT2D eigenvalue weighted by Crippen LogP contribution is 2.13. The summed E-state index contributed by atoms with van der Waals surface area (Å²) in [6, 6.07) is 6.14. The lowest BCUT2D eigenvalue weighted by Crippen LogP contribution is -2.38. The van der Waals surface area contributed by atoms with E-state index >= 15 is 0 Å². The van der Waals surface area contributed by atoms with Crippen LogP contribution in [0.15, 0.2) is 41.7 Å². The van der Waals surface area contributed by atoms with Crippen molar-refractivity contribution in [2.45, 2.75) is 39.8 Å². The summed E-state index contributed by atoms with van der Waals surface area (Å²) in [7, 11) is 0. The second kappa shape index (κ2) is 12.5. The SMILES string of the molecule is CCNC(=NCC(C)Oc1cccc(F)c1)NCCCn1cc(C)cn1.I. The fourth-order valence-corrected chi connectivity index (χ4v) is 2.41. The smallest absolute Gasteiger partial charge is 0.191 e.